The third-order valence-corrected chi connectivity index (χ3v) is 8.23. The van der Waals surface area contributed by atoms with Crippen molar-refractivity contribution in [3.05, 3.63) is 106 Å². The van der Waals surface area contributed by atoms with Gasteiger partial charge in [0.2, 0.25) is 5.91 Å². The highest BCUT2D eigenvalue weighted by atomic mass is 79.9. The Balaban J connectivity index is 1.42. The molecule has 1 aliphatic heterocycles. The molecule has 1 amide bonds. The molecule has 1 fully saturated rings. The highest BCUT2D eigenvalue weighted by Gasteiger charge is 2.42. The Hall–Kier alpha value is -2.47. The van der Waals surface area contributed by atoms with Crippen LogP contribution in [0.1, 0.15) is 56.2 Å². The number of likely N-dealkylation sites (tertiary alicyclic amines) is 1. The maximum atomic E-state index is 13.2. The Morgan fingerprint density at radius 1 is 0.917 bits per heavy atom. The third kappa shape index (κ3) is 6.08. The van der Waals surface area contributed by atoms with Gasteiger partial charge in [-0.25, -0.2) is 0 Å². The van der Waals surface area contributed by atoms with Gasteiger partial charge in [-0.05, 0) is 68.4 Å². The zero-order valence-corrected chi connectivity index (χ0v) is 22.9. The second kappa shape index (κ2) is 11.7. The molecule has 0 bridgehead atoms. The van der Waals surface area contributed by atoms with Crippen LogP contribution in [0.15, 0.2) is 89.4 Å². The van der Waals surface area contributed by atoms with Gasteiger partial charge in [-0.1, -0.05) is 88.7 Å². The molecule has 0 atom stereocenters. The fourth-order valence-corrected chi connectivity index (χ4v) is 5.88. The summed E-state index contributed by atoms with van der Waals surface area (Å²) < 4.78 is 7.32. The fourth-order valence-electron chi connectivity index (χ4n) is 5.43. The molecule has 0 aromatic heterocycles. The monoisotopic (exact) mass is 548 g/mol. The molecule has 0 spiro atoms. The predicted octanol–water partition coefficient (Wildman–Crippen LogP) is 6.46. The van der Waals surface area contributed by atoms with Gasteiger partial charge < -0.3 is 10.5 Å². The SMILES string of the molecule is CC(C)(CCC(C(N)=O)(c1ccccc1)c1ccccc1)N1CCC(OCc2cccc(Br)c2)CC1. The lowest BCUT2D eigenvalue weighted by Gasteiger charge is -2.44. The molecule has 3 aromatic carbocycles. The van der Waals surface area contributed by atoms with E-state index in [-0.39, 0.29) is 17.6 Å². The van der Waals surface area contributed by atoms with Gasteiger partial charge in [0.1, 0.15) is 0 Å². The standard InChI is InChI=1S/C31H37BrN2O2/c1-30(2,34-20-16-28(17-21-34)36-23-24-10-9-15-27(32)22-24)18-19-31(29(33)35,25-11-5-3-6-12-25)26-13-7-4-8-14-26/h3-15,22,28H,16-21,23H2,1-2H3,(H2,33,35). The molecule has 5 heteroatoms. The summed E-state index contributed by atoms with van der Waals surface area (Å²) in [6.45, 7) is 7.18. The highest BCUT2D eigenvalue weighted by Crippen LogP contribution is 2.39. The van der Waals surface area contributed by atoms with Gasteiger partial charge in [-0.15, -0.1) is 0 Å². The zero-order chi connectivity index (χ0) is 25.6. The number of ether oxygens (including phenoxy) is 1. The van der Waals surface area contributed by atoms with E-state index < -0.39 is 5.41 Å². The van der Waals surface area contributed by atoms with E-state index in [1.807, 2.05) is 72.8 Å². The molecule has 0 radical (unpaired) electrons. The summed E-state index contributed by atoms with van der Waals surface area (Å²) in [7, 11) is 0. The minimum atomic E-state index is -0.856. The number of hydrogen-bond donors (Lipinski definition) is 1. The van der Waals surface area contributed by atoms with Crippen molar-refractivity contribution in [2.24, 2.45) is 5.73 Å². The number of hydrogen-bond acceptors (Lipinski definition) is 3. The van der Waals surface area contributed by atoms with Crippen LogP contribution in [0.5, 0.6) is 0 Å². The van der Waals surface area contributed by atoms with Crippen molar-refractivity contribution in [3.8, 4) is 0 Å². The quantitative estimate of drug-likeness (QED) is 0.316. The number of primary amides is 1. The summed E-state index contributed by atoms with van der Waals surface area (Å²) in [4.78, 5) is 15.7. The Kier molecular flexibility index (Phi) is 8.66. The molecule has 36 heavy (non-hydrogen) atoms. The average Bonchev–Trinajstić information content (AvgIpc) is 2.89. The third-order valence-electron chi connectivity index (χ3n) is 7.74. The first-order valence-electron chi connectivity index (χ1n) is 12.8. The van der Waals surface area contributed by atoms with Gasteiger partial charge in [0.15, 0.2) is 0 Å². The van der Waals surface area contributed by atoms with Crippen LogP contribution < -0.4 is 5.73 Å². The van der Waals surface area contributed by atoms with Crippen LogP contribution >= 0.6 is 15.9 Å². The Labute approximate surface area is 224 Å². The molecule has 1 heterocycles. The molecule has 0 unspecified atom stereocenters. The predicted molar refractivity (Wildman–Crippen MR) is 150 cm³/mol. The van der Waals surface area contributed by atoms with Crippen LogP contribution in [-0.2, 0) is 21.6 Å². The second-order valence-corrected chi connectivity index (χ2v) is 11.4. The zero-order valence-electron chi connectivity index (χ0n) is 21.3. The van der Waals surface area contributed by atoms with Crippen molar-refractivity contribution in [1.82, 2.24) is 4.90 Å². The normalized spacial score (nSPS) is 15.6. The van der Waals surface area contributed by atoms with Gasteiger partial charge in [0, 0.05) is 23.1 Å². The van der Waals surface area contributed by atoms with Gasteiger partial charge in [0.25, 0.3) is 0 Å². The van der Waals surface area contributed by atoms with Crippen molar-refractivity contribution in [3.63, 3.8) is 0 Å². The van der Waals surface area contributed by atoms with Crippen LogP contribution in [-0.4, -0.2) is 35.5 Å². The van der Waals surface area contributed by atoms with E-state index in [0.29, 0.717) is 13.0 Å². The van der Waals surface area contributed by atoms with E-state index >= 15 is 0 Å². The summed E-state index contributed by atoms with van der Waals surface area (Å²) in [5.74, 6) is -0.296. The van der Waals surface area contributed by atoms with Crippen LogP contribution in [0.25, 0.3) is 0 Å². The first-order chi connectivity index (χ1) is 17.3. The first kappa shape index (κ1) is 26.6. The lowest BCUT2D eigenvalue weighted by Crippen LogP contribution is -2.51. The largest absolute Gasteiger partial charge is 0.373 e. The number of benzene rings is 3. The van der Waals surface area contributed by atoms with E-state index in [1.54, 1.807) is 0 Å². The number of rotatable bonds is 10. The van der Waals surface area contributed by atoms with Gasteiger partial charge in [0.05, 0.1) is 18.1 Å². The Morgan fingerprint density at radius 3 is 2.03 bits per heavy atom. The van der Waals surface area contributed by atoms with E-state index in [0.717, 1.165) is 48.0 Å². The molecule has 0 saturated carbocycles. The highest BCUT2D eigenvalue weighted by molar-refractivity contribution is 9.10. The summed E-state index contributed by atoms with van der Waals surface area (Å²) in [6.07, 6.45) is 3.80. The molecule has 190 valence electrons. The summed E-state index contributed by atoms with van der Waals surface area (Å²) >= 11 is 3.53. The number of halogens is 1. The van der Waals surface area contributed by atoms with E-state index in [4.69, 9.17) is 10.5 Å². The van der Waals surface area contributed by atoms with E-state index in [1.165, 1.54) is 5.56 Å². The fraction of sp³-hybridized carbons (Fsp3) is 0.387. The van der Waals surface area contributed by atoms with E-state index in [2.05, 4.69) is 46.8 Å². The van der Waals surface area contributed by atoms with Crippen molar-refractivity contribution >= 4 is 21.8 Å². The molecule has 4 nitrogen and oxygen atoms in total. The summed E-state index contributed by atoms with van der Waals surface area (Å²) in [5.41, 5.74) is 8.36. The number of amides is 1. The molecule has 1 aliphatic rings. The minimum Gasteiger partial charge on any atom is -0.373 e. The van der Waals surface area contributed by atoms with Gasteiger partial charge in [-0.2, -0.15) is 0 Å². The molecule has 4 rings (SSSR count). The summed E-state index contributed by atoms with van der Waals surface area (Å²) in [6, 6.07) is 28.3. The molecule has 0 aliphatic carbocycles. The van der Waals surface area contributed by atoms with Crippen molar-refractivity contribution in [2.75, 3.05) is 13.1 Å². The number of nitrogens with zero attached hydrogens (tertiary/aromatic N) is 1. The van der Waals surface area contributed by atoms with Gasteiger partial charge >= 0.3 is 0 Å². The van der Waals surface area contributed by atoms with Crippen LogP contribution in [0, 0.1) is 0 Å². The topological polar surface area (TPSA) is 55.6 Å². The minimum absolute atomic E-state index is 0.0699. The van der Waals surface area contributed by atoms with Crippen LogP contribution in [0.2, 0.25) is 0 Å². The number of nitrogens with two attached hydrogens (primary N) is 1. The molecule has 2 N–H and O–H groups in total. The Bertz CT molecular complexity index is 1090. The van der Waals surface area contributed by atoms with Crippen LogP contribution in [0.3, 0.4) is 0 Å². The maximum Gasteiger partial charge on any atom is 0.232 e. The smallest absolute Gasteiger partial charge is 0.232 e. The van der Waals surface area contributed by atoms with Crippen LogP contribution in [0.4, 0.5) is 0 Å². The number of carbonyl (C=O) groups excluding carboxylic acids is 1. The number of carbonyl (C=O) groups is 1. The van der Waals surface area contributed by atoms with Crippen molar-refractivity contribution < 1.29 is 9.53 Å². The lowest BCUT2D eigenvalue weighted by molar-refractivity contribution is -0.122. The first-order valence-corrected chi connectivity index (χ1v) is 13.6. The molecular weight excluding hydrogens is 512 g/mol. The molecule has 1 saturated heterocycles. The number of piperidine rings is 1. The molecule has 3 aromatic rings. The maximum absolute atomic E-state index is 13.2. The lowest BCUT2D eigenvalue weighted by atomic mass is 9.69. The van der Waals surface area contributed by atoms with Crippen molar-refractivity contribution in [1.29, 1.82) is 0 Å². The van der Waals surface area contributed by atoms with Crippen molar-refractivity contribution in [2.45, 2.75) is 63.2 Å². The average molecular weight is 550 g/mol. The second-order valence-electron chi connectivity index (χ2n) is 10.4. The van der Waals surface area contributed by atoms with E-state index in [9.17, 15) is 4.79 Å². The van der Waals surface area contributed by atoms with Gasteiger partial charge in [-0.3, -0.25) is 9.69 Å². The summed E-state index contributed by atoms with van der Waals surface area (Å²) in [5, 5.41) is 0. The Morgan fingerprint density at radius 2 is 1.50 bits per heavy atom. The molecular formula is C31H37BrN2O2.